The van der Waals surface area contributed by atoms with Gasteiger partial charge in [0.25, 0.3) is 0 Å². The highest BCUT2D eigenvalue weighted by Crippen LogP contribution is 2.35. The molecule has 0 fully saturated rings. The smallest absolute Gasteiger partial charge is 0.338 e. The van der Waals surface area contributed by atoms with Gasteiger partial charge in [0.2, 0.25) is 5.95 Å². The number of rotatable bonds is 4. The Balaban J connectivity index is 2.08. The predicted octanol–water partition coefficient (Wildman–Crippen LogP) is 1.92. The summed E-state index contributed by atoms with van der Waals surface area (Å²) in [6, 6.07) is 6.98. The number of nitrogens with zero attached hydrogens (tertiary/aromatic N) is 4. The van der Waals surface area contributed by atoms with Gasteiger partial charge in [-0.1, -0.05) is 17.2 Å². The number of esters is 1. The van der Waals surface area contributed by atoms with Crippen molar-refractivity contribution in [1.82, 2.24) is 20.2 Å². The molecule has 0 spiro atoms. The number of nitrogens with one attached hydrogen (secondary N) is 1. The summed E-state index contributed by atoms with van der Waals surface area (Å²) in [4.78, 5) is 12.6. The van der Waals surface area contributed by atoms with Gasteiger partial charge < -0.3 is 14.8 Å². The van der Waals surface area contributed by atoms with E-state index in [2.05, 4.69) is 20.8 Å². The van der Waals surface area contributed by atoms with Crippen LogP contribution in [0.1, 0.15) is 32.4 Å². The molecule has 1 aliphatic rings. The van der Waals surface area contributed by atoms with Crippen LogP contribution in [0, 0.1) is 0 Å². The number of tetrazole rings is 1. The van der Waals surface area contributed by atoms with Gasteiger partial charge in [-0.25, -0.2) is 4.79 Å². The molecule has 0 radical (unpaired) electrons. The molecule has 0 bridgehead atoms. The quantitative estimate of drug-likeness (QED) is 0.857. The third kappa shape index (κ3) is 2.82. The van der Waals surface area contributed by atoms with Crippen LogP contribution in [0.3, 0.4) is 0 Å². The van der Waals surface area contributed by atoms with Crippen molar-refractivity contribution in [2.24, 2.45) is 0 Å². The van der Waals surface area contributed by atoms with E-state index < -0.39 is 12.0 Å². The number of benzene rings is 1. The van der Waals surface area contributed by atoms with Crippen LogP contribution in [0.2, 0.25) is 0 Å². The molecular formula is C16H19N5O3. The monoisotopic (exact) mass is 329 g/mol. The maximum absolute atomic E-state index is 12.6. The van der Waals surface area contributed by atoms with Crippen molar-refractivity contribution in [1.29, 1.82) is 0 Å². The normalized spacial score (nSPS) is 16.6. The van der Waals surface area contributed by atoms with Gasteiger partial charge in [-0.3, -0.25) is 0 Å². The average Bonchev–Trinajstić information content (AvgIpc) is 3.00. The Hall–Kier alpha value is -2.90. The Morgan fingerprint density at radius 1 is 1.29 bits per heavy atom. The van der Waals surface area contributed by atoms with Crippen molar-refractivity contribution in [3.63, 3.8) is 0 Å². The van der Waals surface area contributed by atoms with Crippen molar-refractivity contribution < 1.29 is 14.3 Å². The standard InChI is InChI=1S/C16H19N5O3/c1-9(2)24-15(22)13-10(3)17-16-18-19-20-21(16)14(13)11-5-7-12(23-4)8-6-11/h5-9,14H,1-4H3,(H,17,18,20). The summed E-state index contributed by atoms with van der Waals surface area (Å²) >= 11 is 0. The van der Waals surface area contributed by atoms with Crippen molar-refractivity contribution in [2.45, 2.75) is 32.9 Å². The second-order valence-electron chi connectivity index (χ2n) is 5.74. The molecule has 1 aromatic carbocycles. The summed E-state index contributed by atoms with van der Waals surface area (Å²) in [6.07, 6.45) is -0.218. The van der Waals surface area contributed by atoms with Crippen LogP contribution in [0.4, 0.5) is 5.95 Å². The Morgan fingerprint density at radius 3 is 2.62 bits per heavy atom. The fourth-order valence-electron chi connectivity index (χ4n) is 2.65. The molecule has 1 aromatic heterocycles. The van der Waals surface area contributed by atoms with Crippen molar-refractivity contribution >= 4 is 11.9 Å². The van der Waals surface area contributed by atoms with Crippen LogP contribution in [-0.2, 0) is 9.53 Å². The number of hydrogen-bond acceptors (Lipinski definition) is 7. The van der Waals surface area contributed by atoms with E-state index in [9.17, 15) is 4.79 Å². The van der Waals surface area contributed by atoms with Gasteiger partial charge in [-0.2, -0.15) is 4.68 Å². The number of carbonyl (C=O) groups is 1. The van der Waals surface area contributed by atoms with E-state index in [0.717, 1.165) is 11.3 Å². The number of anilines is 1. The Morgan fingerprint density at radius 2 is 2.00 bits per heavy atom. The number of allylic oxidation sites excluding steroid dienone is 1. The molecule has 1 atom stereocenters. The molecule has 8 heteroatoms. The van der Waals surface area contributed by atoms with Crippen LogP contribution in [-0.4, -0.2) is 39.4 Å². The first-order valence-electron chi connectivity index (χ1n) is 7.62. The molecule has 0 saturated carbocycles. The van der Waals surface area contributed by atoms with E-state index >= 15 is 0 Å². The Kier molecular flexibility index (Phi) is 4.20. The molecule has 0 saturated heterocycles. The topological polar surface area (TPSA) is 91.2 Å². The summed E-state index contributed by atoms with van der Waals surface area (Å²) in [5.74, 6) is 0.822. The van der Waals surface area contributed by atoms with E-state index in [-0.39, 0.29) is 6.10 Å². The first-order valence-corrected chi connectivity index (χ1v) is 7.62. The van der Waals surface area contributed by atoms with E-state index in [4.69, 9.17) is 9.47 Å². The minimum absolute atomic E-state index is 0.218. The summed E-state index contributed by atoms with van der Waals surface area (Å²) in [5, 5.41) is 14.7. The lowest BCUT2D eigenvalue weighted by molar-refractivity contribution is -0.143. The summed E-state index contributed by atoms with van der Waals surface area (Å²) in [5.41, 5.74) is 2.01. The molecule has 126 valence electrons. The molecule has 3 rings (SSSR count). The lowest BCUT2D eigenvalue weighted by Crippen LogP contribution is -2.30. The maximum Gasteiger partial charge on any atom is 0.338 e. The average molecular weight is 329 g/mol. The molecule has 1 aliphatic heterocycles. The zero-order valence-electron chi connectivity index (χ0n) is 14.0. The molecule has 1 N–H and O–H groups in total. The molecule has 8 nitrogen and oxygen atoms in total. The van der Waals surface area contributed by atoms with E-state index in [0.29, 0.717) is 17.2 Å². The fourth-order valence-corrected chi connectivity index (χ4v) is 2.65. The van der Waals surface area contributed by atoms with Crippen molar-refractivity contribution in [3.05, 3.63) is 41.1 Å². The third-order valence-corrected chi connectivity index (χ3v) is 3.71. The highest BCUT2D eigenvalue weighted by atomic mass is 16.5. The van der Waals surface area contributed by atoms with Crippen LogP contribution >= 0.6 is 0 Å². The Labute approximate surface area is 139 Å². The van der Waals surface area contributed by atoms with E-state index in [1.165, 1.54) is 0 Å². The molecule has 0 aliphatic carbocycles. The SMILES string of the molecule is COc1ccc(C2C(C(=O)OC(C)C)=C(C)Nc3nnnn32)cc1. The molecule has 0 amide bonds. The first-order chi connectivity index (χ1) is 11.5. The van der Waals surface area contributed by atoms with Crippen LogP contribution in [0.15, 0.2) is 35.5 Å². The van der Waals surface area contributed by atoms with E-state index in [1.54, 1.807) is 11.8 Å². The lowest BCUT2D eigenvalue weighted by atomic mass is 9.95. The summed E-state index contributed by atoms with van der Waals surface area (Å²) < 4.78 is 12.2. The number of aromatic nitrogens is 4. The van der Waals surface area contributed by atoms with Crippen LogP contribution < -0.4 is 10.1 Å². The number of hydrogen-bond donors (Lipinski definition) is 1. The van der Waals surface area contributed by atoms with Crippen molar-refractivity contribution in [3.8, 4) is 5.75 Å². The van der Waals surface area contributed by atoms with E-state index in [1.807, 2.05) is 45.0 Å². The van der Waals surface area contributed by atoms with Gasteiger partial charge in [-0.15, -0.1) is 0 Å². The molecular weight excluding hydrogens is 310 g/mol. The number of fused-ring (bicyclic) bond motifs is 1. The van der Waals surface area contributed by atoms with Gasteiger partial charge in [0.15, 0.2) is 0 Å². The molecule has 2 heterocycles. The lowest BCUT2D eigenvalue weighted by Gasteiger charge is -2.27. The first kappa shape index (κ1) is 16.0. The molecule has 24 heavy (non-hydrogen) atoms. The second-order valence-corrected chi connectivity index (χ2v) is 5.74. The van der Waals surface area contributed by atoms with Gasteiger partial charge in [0.05, 0.1) is 18.8 Å². The summed E-state index contributed by atoms with van der Waals surface area (Å²) in [7, 11) is 1.61. The minimum atomic E-state index is -0.464. The highest BCUT2D eigenvalue weighted by Gasteiger charge is 2.35. The van der Waals surface area contributed by atoms with Gasteiger partial charge in [-0.05, 0) is 48.9 Å². The second kappa shape index (κ2) is 6.31. The van der Waals surface area contributed by atoms with Gasteiger partial charge >= 0.3 is 5.97 Å². The fraction of sp³-hybridized carbons (Fsp3) is 0.375. The Bertz CT molecular complexity index is 779. The number of ether oxygens (including phenoxy) is 2. The summed E-state index contributed by atoms with van der Waals surface area (Å²) in [6.45, 7) is 5.44. The highest BCUT2D eigenvalue weighted by molar-refractivity contribution is 5.92. The maximum atomic E-state index is 12.6. The predicted molar refractivity (Wildman–Crippen MR) is 86.5 cm³/mol. The zero-order chi connectivity index (χ0) is 17.3. The van der Waals surface area contributed by atoms with Crippen LogP contribution in [0.25, 0.3) is 0 Å². The third-order valence-electron chi connectivity index (χ3n) is 3.71. The van der Waals surface area contributed by atoms with Crippen molar-refractivity contribution in [2.75, 3.05) is 12.4 Å². The molecule has 1 unspecified atom stereocenters. The van der Waals surface area contributed by atoms with Gasteiger partial charge in [0.1, 0.15) is 11.8 Å². The largest absolute Gasteiger partial charge is 0.497 e. The number of carbonyl (C=O) groups excluding carboxylic acids is 1. The molecule has 2 aromatic rings. The number of methoxy groups -OCH3 is 1. The zero-order valence-corrected chi connectivity index (χ0v) is 14.0. The van der Waals surface area contributed by atoms with Crippen LogP contribution in [0.5, 0.6) is 5.75 Å². The minimum Gasteiger partial charge on any atom is -0.497 e. The van der Waals surface area contributed by atoms with Gasteiger partial charge in [0, 0.05) is 5.70 Å².